The van der Waals surface area contributed by atoms with E-state index in [2.05, 4.69) is 5.32 Å². The second-order valence-electron chi connectivity index (χ2n) is 7.42. The number of primary amides is 1. The van der Waals surface area contributed by atoms with Crippen LogP contribution in [0.3, 0.4) is 0 Å². The Bertz CT molecular complexity index is 1240. The summed E-state index contributed by atoms with van der Waals surface area (Å²) >= 11 is 1.12. The number of anilines is 1. The van der Waals surface area contributed by atoms with Crippen molar-refractivity contribution in [2.75, 3.05) is 12.4 Å². The summed E-state index contributed by atoms with van der Waals surface area (Å²) in [7, 11) is 1.54. The van der Waals surface area contributed by atoms with E-state index in [1.165, 1.54) is 12.1 Å². The van der Waals surface area contributed by atoms with Crippen LogP contribution in [0.25, 0.3) is 0 Å². The Morgan fingerprint density at radius 1 is 0.943 bits per heavy atom. The molecular formula is C25H22N2O7S. The summed E-state index contributed by atoms with van der Waals surface area (Å²) in [6.07, 6.45) is 0.248. The number of aromatic carboxylic acids is 2. The molecule has 180 valence electrons. The summed E-state index contributed by atoms with van der Waals surface area (Å²) in [6.45, 7) is 0. The maximum Gasteiger partial charge on any atom is 0.335 e. The molecule has 3 aromatic rings. The Morgan fingerprint density at radius 2 is 1.54 bits per heavy atom. The molecule has 0 aromatic heterocycles. The number of rotatable bonds is 10. The summed E-state index contributed by atoms with van der Waals surface area (Å²) in [4.78, 5) is 48.5. The van der Waals surface area contributed by atoms with Crippen molar-refractivity contribution in [3.8, 4) is 5.75 Å². The number of amides is 2. The standard InChI is InChI=1S/C25H22N2O7S/c1-34-18-8-6-14(7-9-18)10-21(35-20-5-3-2-4-19(20)22(26)28)23(29)27-17-12-15(24(30)31)11-16(13-17)25(32)33/h2-9,11-13,21H,10H2,1H3,(H2,26,28)(H,27,29)(H,30,31)(H,32,33). The molecule has 1 unspecified atom stereocenters. The van der Waals surface area contributed by atoms with Crippen molar-refractivity contribution in [1.82, 2.24) is 0 Å². The molecule has 2 amide bonds. The summed E-state index contributed by atoms with van der Waals surface area (Å²) in [6, 6.07) is 17.1. The van der Waals surface area contributed by atoms with Gasteiger partial charge in [-0.05, 0) is 54.4 Å². The fourth-order valence-corrected chi connectivity index (χ4v) is 4.46. The van der Waals surface area contributed by atoms with Crippen molar-refractivity contribution in [2.45, 2.75) is 16.6 Å². The zero-order chi connectivity index (χ0) is 25.5. The predicted molar refractivity (Wildman–Crippen MR) is 130 cm³/mol. The highest BCUT2D eigenvalue weighted by molar-refractivity contribution is 8.00. The zero-order valence-electron chi connectivity index (χ0n) is 18.6. The SMILES string of the molecule is COc1ccc(CC(Sc2ccccc2C(N)=O)C(=O)Nc2cc(C(=O)O)cc(C(=O)O)c2)cc1. The van der Waals surface area contributed by atoms with Gasteiger partial charge in [-0.2, -0.15) is 0 Å². The van der Waals surface area contributed by atoms with Gasteiger partial charge in [0.15, 0.2) is 0 Å². The van der Waals surface area contributed by atoms with Crippen molar-refractivity contribution < 1.29 is 34.1 Å². The van der Waals surface area contributed by atoms with Gasteiger partial charge < -0.3 is 26.0 Å². The Labute approximate surface area is 204 Å². The quantitative estimate of drug-likeness (QED) is 0.312. The lowest BCUT2D eigenvalue weighted by atomic mass is 10.1. The van der Waals surface area contributed by atoms with Gasteiger partial charge in [-0.1, -0.05) is 24.3 Å². The number of thioether (sulfide) groups is 1. The number of nitrogens with two attached hydrogens (primary N) is 1. The monoisotopic (exact) mass is 494 g/mol. The fourth-order valence-electron chi connectivity index (χ4n) is 3.26. The van der Waals surface area contributed by atoms with E-state index in [1.807, 2.05) is 0 Å². The largest absolute Gasteiger partial charge is 0.497 e. The highest BCUT2D eigenvalue weighted by Gasteiger charge is 2.24. The lowest BCUT2D eigenvalue weighted by Crippen LogP contribution is -2.28. The smallest absolute Gasteiger partial charge is 0.335 e. The number of methoxy groups -OCH3 is 1. The molecule has 3 aromatic carbocycles. The van der Waals surface area contributed by atoms with E-state index in [-0.39, 0.29) is 28.8 Å². The van der Waals surface area contributed by atoms with Gasteiger partial charge in [0.05, 0.1) is 29.1 Å². The van der Waals surface area contributed by atoms with Gasteiger partial charge in [-0.3, -0.25) is 9.59 Å². The molecule has 35 heavy (non-hydrogen) atoms. The van der Waals surface area contributed by atoms with Crippen LogP contribution in [-0.4, -0.2) is 46.3 Å². The highest BCUT2D eigenvalue weighted by atomic mass is 32.2. The minimum absolute atomic E-state index is 0.0239. The van der Waals surface area contributed by atoms with Crippen molar-refractivity contribution in [3.63, 3.8) is 0 Å². The number of carbonyl (C=O) groups excluding carboxylic acids is 2. The van der Waals surface area contributed by atoms with Crippen LogP contribution in [0.5, 0.6) is 5.75 Å². The van der Waals surface area contributed by atoms with Gasteiger partial charge in [0.25, 0.3) is 0 Å². The first kappa shape index (κ1) is 25.3. The van der Waals surface area contributed by atoms with Gasteiger partial charge in [-0.15, -0.1) is 11.8 Å². The number of hydrogen-bond donors (Lipinski definition) is 4. The molecule has 0 aliphatic heterocycles. The van der Waals surface area contributed by atoms with Crippen LogP contribution in [0.2, 0.25) is 0 Å². The molecule has 0 saturated carbocycles. The average Bonchev–Trinajstić information content (AvgIpc) is 2.84. The molecule has 10 heteroatoms. The fraction of sp³-hybridized carbons (Fsp3) is 0.120. The Balaban J connectivity index is 1.95. The summed E-state index contributed by atoms with van der Waals surface area (Å²) < 4.78 is 5.17. The lowest BCUT2D eigenvalue weighted by Gasteiger charge is -2.18. The van der Waals surface area contributed by atoms with Crippen molar-refractivity contribution in [2.24, 2.45) is 5.73 Å². The van der Waals surface area contributed by atoms with Crippen molar-refractivity contribution in [1.29, 1.82) is 0 Å². The number of nitrogens with one attached hydrogen (secondary N) is 1. The molecule has 0 spiro atoms. The van der Waals surface area contributed by atoms with Gasteiger partial charge in [0.1, 0.15) is 5.75 Å². The molecule has 9 nitrogen and oxygen atoms in total. The number of carbonyl (C=O) groups is 4. The average molecular weight is 495 g/mol. The minimum Gasteiger partial charge on any atom is -0.497 e. The van der Waals surface area contributed by atoms with Crippen LogP contribution < -0.4 is 15.8 Å². The number of benzene rings is 3. The minimum atomic E-state index is -1.33. The Hall–Kier alpha value is -4.31. The molecule has 3 rings (SSSR count). The maximum absolute atomic E-state index is 13.3. The molecule has 1 atom stereocenters. The van der Waals surface area contributed by atoms with Crippen LogP contribution >= 0.6 is 11.8 Å². The molecule has 0 aliphatic carbocycles. The van der Waals surface area contributed by atoms with E-state index < -0.39 is 29.0 Å². The van der Waals surface area contributed by atoms with Crippen LogP contribution in [0.1, 0.15) is 36.6 Å². The number of carboxylic acid groups (broad SMARTS) is 2. The van der Waals surface area contributed by atoms with E-state index in [0.29, 0.717) is 10.6 Å². The normalized spacial score (nSPS) is 11.3. The van der Waals surface area contributed by atoms with E-state index in [0.717, 1.165) is 23.4 Å². The number of ether oxygens (including phenoxy) is 1. The molecule has 0 bridgehead atoms. The Morgan fingerprint density at radius 3 is 2.09 bits per heavy atom. The van der Waals surface area contributed by atoms with Crippen LogP contribution in [0.15, 0.2) is 71.6 Å². The second-order valence-corrected chi connectivity index (χ2v) is 8.66. The van der Waals surface area contributed by atoms with Gasteiger partial charge in [-0.25, -0.2) is 9.59 Å². The van der Waals surface area contributed by atoms with E-state index >= 15 is 0 Å². The van der Waals surface area contributed by atoms with E-state index in [4.69, 9.17) is 10.5 Å². The first-order valence-corrected chi connectivity index (χ1v) is 11.2. The van der Waals surface area contributed by atoms with Gasteiger partial charge in [0.2, 0.25) is 11.8 Å². The third-order valence-electron chi connectivity index (χ3n) is 4.99. The van der Waals surface area contributed by atoms with Crippen LogP contribution in [-0.2, 0) is 11.2 Å². The lowest BCUT2D eigenvalue weighted by molar-refractivity contribution is -0.115. The third kappa shape index (κ3) is 6.61. The van der Waals surface area contributed by atoms with Crippen molar-refractivity contribution >= 4 is 41.2 Å². The maximum atomic E-state index is 13.3. The molecule has 0 radical (unpaired) electrons. The molecular weight excluding hydrogens is 472 g/mol. The second kappa shape index (κ2) is 11.2. The van der Waals surface area contributed by atoms with Crippen LogP contribution in [0, 0.1) is 0 Å². The summed E-state index contributed by atoms with van der Waals surface area (Å²) in [5.41, 5.74) is 6.01. The summed E-state index contributed by atoms with van der Waals surface area (Å²) in [5.74, 6) is -3.17. The zero-order valence-corrected chi connectivity index (χ0v) is 19.4. The van der Waals surface area contributed by atoms with Gasteiger partial charge >= 0.3 is 11.9 Å². The molecule has 0 aliphatic rings. The molecule has 0 heterocycles. The molecule has 0 saturated heterocycles. The topological polar surface area (TPSA) is 156 Å². The van der Waals surface area contributed by atoms with E-state index in [1.54, 1.807) is 55.6 Å². The van der Waals surface area contributed by atoms with Crippen LogP contribution in [0.4, 0.5) is 5.69 Å². The number of hydrogen-bond acceptors (Lipinski definition) is 6. The van der Waals surface area contributed by atoms with Crippen molar-refractivity contribution in [3.05, 3.63) is 89.0 Å². The first-order valence-electron chi connectivity index (χ1n) is 10.3. The predicted octanol–water partition coefficient (Wildman–Crippen LogP) is 3.53. The number of carboxylic acids is 2. The Kier molecular flexibility index (Phi) is 8.11. The summed E-state index contributed by atoms with van der Waals surface area (Å²) in [5, 5.41) is 20.5. The highest BCUT2D eigenvalue weighted by Crippen LogP contribution is 2.30. The van der Waals surface area contributed by atoms with Gasteiger partial charge in [0, 0.05) is 10.6 Å². The van der Waals surface area contributed by atoms with E-state index in [9.17, 15) is 29.4 Å². The first-order chi connectivity index (χ1) is 16.7. The third-order valence-corrected chi connectivity index (χ3v) is 6.26. The molecule has 5 N–H and O–H groups in total. The molecule has 0 fully saturated rings.